The highest BCUT2D eigenvalue weighted by Gasteiger charge is 2.31. The molecule has 108 valence electrons. The lowest BCUT2D eigenvalue weighted by atomic mass is 10.0. The molecule has 1 aromatic carbocycles. The standard InChI is InChI=1S/C15H14FN3S2/c1-17-15(20)19-13(14-6-3-7-21-14)9-12(18-19)10-4-2-5-11(16)8-10/h2-8,13H,9H2,1H3,(H,17,20)/t13-/m1/s1. The molecule has 3 rings (SSSR count). The van der Waals surface area contributed by atoms with Gasteiger partial charge in [0.2, 0.25) is 0 Å². The Bertz CT molecular complexity index is 682. The molecule has 0 unspecified atom stereocenters. The number of thiocarbonyl (C=S) groups is 1. The quantitative estimate of drug-likeness (QED) is 0.858. The van der Waals surface area contributed by atoms with Crippen molar-refractivity contribution in [3.63, 3.8) is 0 Å². The van der Waals surface area contributed by atoms with Gasteiger partial charge in [0.15, 0.2) is 5.11 Å². The molecule has 6 heteroatoms. The molecule has 0 saturated carbocycles. The molecule has 0 fully saturated rings. The van der Waals surface area contributed by atoms with E-state index in [2.05, 4.69) is 16.5 Å². The van der Waals surface area contributed by atoms with Gasteiger partial charge in [0.25, 0.3) is 0 Å². The molecule has 2 aromatic rings. The summed E-state index contributed by atoms with van der Waals surface area (Å²) in [5.74, 6) is -0.252. The summed E-state index contributed by atoms with van der Waals surface area (Å²) in [6.07, 6.45) is 0.714. The fraction of sp³-hybridized carbons (Fsp3) is 0.200. The summed E-state index contributed by atoms with van der Waals surface area (Å²) >= 11 is 7.01. The number of hydrogen-bond donors (Lipinski definition) is 1. The van der Waals surface area contributed by atoms with Crippen LogP contribution in [-0.4, -0.2) is 22.9 Å². The normalized spacial score (nSPS) is 17.7. The van der Waals surface area contributed by atoms with E-state index >= 15 is 0 Å². The number of hydrazone groups is 1. The van der Waals surface area contributed by atoms with Gasteiger partial charge in [-0.25, -0.2) is 9.40 Å². The summed E-state index contributed by atoms with van der Waals surface area (Å²) in [5.41, 5.74) is 1.66. The lowest BCUT2D eigenvalue weighted by molar-refractivity contribution is 0.371. The van der Waals surface area contributed by atoms with Crippen molar-refractivity contribution in [3.05, 3.63) is 58.0 Å². The number of thiophene rings is 1. The minimum atomic E-state index is -0.252. The SMILES string of the molecule is CNC(=S)N1N=C(c2cccc(F)c2)C[C@@H]1c1cccs1. The molecular formula is C15H14FN3S2. The van der Waals surface area contributed by atoms with Crippen molar-refractivity contribution in [2.75, 3.05) is 7.05 Å². The first kappa shape index (κ1) is 14.2. The topological polar surface area (TPSA) is 27.6 Å². The zero-order valence-electron chi connectivity index (χ0n) is 11.4. The van der Waals surface area contributed by atoms with E-state index in [-0.39, 0.29) is 11.9 Å². The van der Waals surface area contributed by atoms with Crippen molar-refractivity contribution in [1.82, 2.24) is 10.3 Å². The molecule has 1 atom stereocenters. The van der Waals surface area contributed by atoms with E-state index in [1.807, 2.05) is 17.5 Å². The smallest absolute Gasteiger partial charge is 0.190 e. The average molecular weight is 319 g/mol. The zero-order valence-corrected chi connectivity index (χ0v) is 13.0. The number of rotatable bonds is 2. The second kappa shape index (κ2) is 5.91. The monoisotopic (exact) mass is 319 g/mol. The van der Waals surface area contributed by atoms with Crippen molar-refractivity contribution >= 4 is 34.4 Å². The maximum absolute atomic E-state index is 13.4. The molecule has 0 spiro atoms. The van der Waals surface area contributed by atoms with E-state index < -0.39 is 0 Å². The largest absolute Gasteiger partial charge is 0.364 e. The lowest BCUT2D eigenvalue weighted by Crippen LogP contribution is -2.34. The number of nitrogens with zero attached hydrogens (tertiary/aromatic N) is 2. The van der Waals surface area contributed by atoms with Crippen LogP contribution in [0, 0.1) is 5.82 Å². The second-order valence-electron chi connectivity index (χ2n) is 4.69. The third-order valence-corrected chi connectivity index (χ3v) is 4.73. The summed E-state index contributed by atoms with van der Waals surface area (Å²) in [7, 11) is 1.78. The van der Waals surface area contributed by atoms with Crippen LogP contribution in [0.1, 0.15) is 22.9 Å². The lowest BCUT2D eigenvalue weighted by Gasteiger charge is -2.22. The minimum Gasteiger partial charge on any atom is -0.364 e. The average Bonchev–Trinajstić information content (AvgIpc) is 3.15. The first-order valence-electron chi connectivity index (χ1n) is 6.57. The van der Waals surface area contributed by atoms with Gasteiger partial charge in [0, 0.05) is 23.9 Å². The molecule has 2 heterocycles. The van der Waals surface area contributed by atoms with Gasteiger partial charge in [0.05, 0.1) is 11.8 Å². The molecule has 1 aliphatic heterocycles. The highest BCUT2D eigenvalue weighted by Crippen LogP contribution is 2.35. The predicted molar refractivity (Wildman–Crippen MR) is 88.1 cm³/mol. The second-order valence-corrected chi connectivity index (χ2v) is 6.06. The third-order valence-electron chi connectivity index (χ3n) is 3.36. The van der Waals surface area contributed by atoms with Crippen LogP contribution in [0.15, 0.2) is 46.9 Å². The molecule has 0 radical (unpaired) electrons. The van der Waals surface area contributed by atoms with Gasteiger partial charge in [-0.1, -0.05) is 18.2 Å². The van der Waals surface area contributed by atoms with Gasteiger partial charge in [-0.3, -0.25) is 0 Å². The first-order chi connectivity index (χ1) is 10.2. The number of halogens is 1. The van der Waals surface area contributed by atoms with Crippen LogP contribution in [0.25, 0.3) is 0 Å². The Kier molecular flexibility index (Phi) is 3.98. The highest BCUT2D eigenvalue weighted by atomic mass is 32.1. The summed E-state index contributed by atoms with van der Waals surface area (Å²) in [5, 5.41) is 12.0. The van der Waals surface area contributed by atoms with Crippen LogP contribution >= 0.6 is 23.6 Å². The third kappa shape index (κ3) is 2.82. The fourth-order valence-electron chi connectivity index (χ4n) is 2.36. The Hall–Kier alpha value is -1.79. The first-order valence-corrected chi connectivity index (χ1v) is 7.85. The van der Waals surface area contributed by atoms with Crippen molar-refractivity contribution in [2.45, 2.75) is 12.5 Å². The van der Waals surface area contributed by atoms with Crippen LogP contribution < -0.4 is 5.32 Å². The Morgan fingerprint density at radius 2 is 2.29 bits per heavy atom. The van der Waals surface area contributed by atoms with E-state index in [9.17, 15) is 4.39 Å². The van der Waals surface area contributed by atoms with Crippen LogP contribution in [0.4, 0.5) is 4.39 Å². The minimum absolute atomic E-state index is 0.0724. The molecule has 0 aliphatic carbocycles. The molecule has 1 aliphatic rings. The van der Waals surface area contributed by atoms with Gasteiger partial charge in [-0.2, -0.15) is 5.10 Å². The molecule has 21 heavy (non-hydrogen) atoms. The Labute approximate surface area is 132 Å². The molecule has 1 N–H and O–H groups in total. The van der Waals surface area contributed by atoms with Crippen molar-refractivity contribution in [1.29, 1.82) is 0 Å². The van der Waals surface area contributed by atoms with Crippen molar-refractivity contribution in [3.8, 4) is 0 Å². The van der Waals surface area contributed by atoms with Gasteiger partial charge in [-0.05, 0) is 35.8 Å². The van der Waals surface area contributed by atoms with Crippen molar-refractivity contribution in [2.24, 2.45) is 5.10 Å². The van der Waals surface area contributed by atoms with E-state index in [1.54, 1.807) is 29.5 Å². The molecule has 0 amide bonds. The Morgan fingerprint density at radius 3 is 2.95 bits per heavy atom. The predicted octanol–water partition coefficient (Wildman–Crippen LogP) is 3.54. The van der Waals surface area contributed by atoms with E-state index in [1.165, 1.54) is 17.0 Å². The molecule has 0 bridgehead atoms. The summed E-state index contributed by atoms with van der Waals surface area (Å²) in [6, 6.07) is 10.7. The number of hydrogen-bond acceptors (Lipinski definition) is 3. The molecular weight excluding hydrogens is 305 g/mol. The maximum atomic E-state index is 13.4. The van der Waals surface area contributed by atoms with Gasteiger partial charge < -0.3 is 5.32 Å². The molecule has 0 saturated heterocycles. The molecule has 1 aromatic heterocycles. The maximum Gasteiger partial charge on any atom is 0.190 e. The number of benzene rings is 1. The van der Waals surface area contributed by atoms with E-state index in [0.717, 1.165) is 11.3 Å². The van der Waals surface area contributed by atoms with Crippen molar-refractivity contribution < 1.29 is 4.39 Å². The summed E-state index contributed by atoms with van der Waals surface area (Å²) < 4.78 is 13.4. The van der Waals surface area contributed by atoms with Crippen LogP contribution in [0.3, 0.4) is 0 Å². The number of nitrogens with one attached hydrogen (secondary N) is 1. The molecule has 3 nitrogen and oxygen atoms in total. The Balaban J connectivity index is 1.95. The highest BCUT2D eigenvalue weighted by molar-refractivity contribution is 7.80. The fourth-order valence-corrected chi connectivity index (χ4v) is 3.34. The van der Waals surface area contributed by atoms with Crippen LogP contribution in [-0.2, 0) is 0 Å². The van der Waals surface area contributed by atoms with Gasteiger partial charge in [-0.15, -0.1) is 11.3 Å². The van der Waals surface area contributed by atoms with Gasteiger partial charge in [0.1, 0.15) is 5.82 Å². The van der Waals surface area contributed by atoms with E-state index in [0.29, 0.717) is 11.5 Å². The van der Waals surface area contributed by atoms with Crippen LogP contribution in [0.2, 0.25) is 0 Å². The van der Waals surface area contributed by atoms with Crippen LogP contribution in [0.5, 0.6) is 0 Å². The summed E-state index contributed by atoms with van der Waals surface area (Å²) in [6.45, 7) is 0. The zero-order chi connectivity index (χ0) is 14.8. The summed E-state index contributed by atoms with van der Waals surface area (Å²) in [4.78, 5) is 1.20. The van der Waals surface area contributed by atoms with E-state index in [4.69, 9.17) is 12.2 Å². The Morgan fingerprint density at radius 1 is 1.43 bits per heavy atom. The van der Waals surface area contributed by atoms with Gasteiger partial charge >= 0.3 is 0 Å².